The van der Waals surface area contributed by atoms with Crippen LogP contribution in [0.3, 0.4) is 0 Å². The molecule has 120 valence electrons. The van der Waals surface area contributed by atoms with Crippen molar-refractivity contribution in [2.24, 2.45) is 0 Å². The molecule has 6 heteroatoms. The lowest BCUT2D eigenvalue weighted by atomic mass is 10.2. The zero-order valence-electron chi connectivity index (χ0n) is 12.5. The summed E-state index contributed by atoms with van der Waals surface area (Å²) < 4.78 is 4.99. The van der Waals surface area contributed by atoms with Crippen molar-refractivity contribution < 1.29 is 14.3 Å². The molecule has 0 bridgehead atoms. The van der Waals surface area contributed by atoms with Gasteiger partial charge in [-0.15, -0.1) is 11.8 Å². The number of hydrogen-bond donors (Lipinski definition) is 1. The smallest absolute Gasteiger partial charge is 0.338 e. The Balaban J connectivity index is 1.78. The average molecular weight is 350 g/mol. The van der Waals surface area contributed by atoms with Crippen LogP contribution in [0.4, 0.5) is 0 Å². The number of carbonyl (C=O) groups excluding carboxylic acids is 2. The highest BCUT2D eigenvalue weighted by atomic mass is 35.5. The van der Waals surface area contributed by atoms with E-state index in [0.29, 0.717) is 17.1 Å². The Labute approximate surface area is 144 Å². The Bertz CT molecular complexity index is 688. The molecular weight excluding hydrogens is 334 g/mol. The average Bonchev–Trinajstić information content (AvgIpc) is 2.58. The third kappa shape index (κ3) is 5.62. The predicted octanol–water partition coefficient (Wildman–Crippen LogP) is 3.54. The lowest BCUT2D eigenvalue weighted by Crippen LogP contribution is -2.28. The fourth-order valence-corrected chi connectivity index (χ4v) is 2.46. The van der Waals surface area contributed by atoms with E-state index in [-0.39, 0.29) is 12.5 Å². The monoisotopic (exact) mass is 349 g/mol. The van der Waals surface area contributed by atoms with Crippen LogP contribution in [0, 0.1) is 0 Å². The van der Waals surface area contributed by atoms with Gasteiger partial charge < -0.3 is 10.1 Å². The molecule has 1 N–H and O–H groups in total. The second kappa shape index (κ2) is 8.60. The molecule has 0 radical (unpaired) electrons. The van der Waals surface area contributed by atoms with E-state index in [1.807, 2.05) is 30.5 Å². The van der Waals surface area contributed by atoms with Crippen molar-refractivity contribution in [3.63, 3.8) is 0 Å². The van der Waals surface area contributed by atoms with Gasteiger partial charge in [0.25, 0.3) is 5.91 Å². The summed E-state index contributed by atoms with van der Waals surface area (Å²) in [6.45, 7) is 0.0169. The summed E-state index contributed by atoms with van der Waals surface area (Å²) in [4.78, 5) is 24.6. The zero-order chi connectivity index (χ0) is 16.7. The molecule has 0 atom stereocenters. The highest BCUT2D eigenvalue weighted by molar-refractivity contribution is 7.98. The first-order valence-corrected chi connectivity index (χ1v) is 8.51. The van der Waals surface area contributed by atoms with Crippen LogP contribution >= 0.6 is 23.4 Å². The molecule has 0 aliphatic heterocycles. The van der Waals surface area contributed by atoms with E-state index >= 15 is 0 Å². The van der Waals surface area contributed by atoms with Crippen LogP contribution in [0.1, 0.15) is 15.9 Å². The van der Waals surface area contributed by atoms with Gasteiger partial charge >= 0.3 is 5.97 Å². The number of ether oxygens (including phenoxy) is 1. The van der Waals surface area contributed by atoms with Crippen molar-refractivity contribution in [1.29, 1.82) is 0 Å². The van der Waals surface area contributed by atoms with Gasteiger partial charge in [0, 0.05) is 16.5 Å². The molecule has 4 nitrogen and oxygen atoms in total. The SMILES string of the molecule is CSc1ccc(C(=O)OCC(=O)NCc2cccc(Cl)c2)cc1. The fourth-order valence-electron chi connectivity index (χ4n) is 1.84. The summed E-state index contributed by atoms with van der Waals surface area (Å²) in [6, 6.07) is 14.2. The summed E-state index contributed by atoms with van der Waals surface area (Å²) in [5.41, 5.74) is 1.30. The van der Waals surface area contributed by atoms with Crippen LogP contribution in [-0.2, 0) is 16.1 Å². The first-order valence-electron chi connectivity index (χ1n) is 6.91. The molecular formula is C17H16ClNO3S. The number of rotatable bonds is 6. The van der Waals surface area contributed by atoms with Crippen LogP contribution in [0.2, 0.25) is 5.02 Å². The maximum atomic E-state index is 11.8. The molecule has 0 heterocycles. The van der Waals surface area contributed by atoms with Crippen LogP contribution in [0.5, 0.6) is 0 Å². The molecule has 0 saturated heterocycles. The number of amides is 1. The van der Waals surface area contributed by atoms with E-state index in [4.69, 9.17) is 16.3 Å². The van der Waals surface area contributed by atoms with Gasteiger partial charge in [0.05, 0.1) is 5.56 Å². The summed E-state index contributed by atoms with van der Waals surface area (Å²) in [6.07, 6.45) is 1.96. The van der Waals surface area contributed by atoms with Gasteiger partial charge in [0.1, 0.15) is 0 Å². The van der Waals surface area contributed by atoms with Gasteiger partial charge in [-0.25, -0.2) is 4.79 Å². The van der Waals surface area contributed by atoms with Gasteiger partial charge in [0.2, 0.25) is 0 Å². The van der Waals surface area contributed by atoms with Crippen LogP contribution < -0.4 is 5.32 Å². The second-order valence-electron chi connectivity index (χ2n) is 4.71. The Morgan fingerprint density at radius 3 is 2.57 bits per heavy atom. The standard InChI is InChI=1S/C17H16ClNO3S/c1-23-15-7-5-13(6-8-15)17(21)22-11-16(20)19-10-12-3-2-4-14(18)9-12/h2-9H,10-11H2,1H3,(H,19,20). The lowest BCUT2D eigenvalue weighted by Gasteiger charge is -2.07. The Kier molecular flexibility index (Phi) is 6.50. The quantitative estimate of drug-likeness (QED) is 0.640. The second-order valence-corrected chi connectivity index (χ2v) is 6.03. The molecule has 0 saturated carbocycles. The molecule has 0 unspecified atom stereocenters. The molecule has 0 aliphatic carbocycles. The summed E-state index contributed by atoms with van der Waals surface area (Å²) in [7, 11) is 0. The largest absolute Gasteiger partial charge is 0.452 e. The molecule has 1 amide bonds. The van der Waals surface area contributed by atoms with Crippen molar-refractivity contribution in [3.05, 3.63) is 64.7 Å². The first-order chi connectivity index (χ1) is 11.1. The highest BCUT2D eigenvalue weighted by Gasteiger charge is 2.10. The molecule has 23 heavy (non-hydrogen) atoms. The van der Waals surface area contributed by atoms with E-state index in [9.17, 15) is 9.59 Å². The number of thioether (sulfide) groups is 1. The van der Waals surface area contributed by atoms with Crippen molar-refractivity contribution in [3.8, 4) is 0 Å². The predicted molar refractivity (Wildman–Crippen MR) is 91.8 cm³/mol. The molecule has 2 rings (SSSR count). The van der Waals surface area contributed by atoms with Crippen LogP contribution in [-0.4, -0.2) is 24.7 Å². The van der Waals surface area contributed by atoms with Gasteiger partial charge in [-0.3, -0.25) is 4.79 Å². The summed E-state index contributed by atoms with van der Waals surface area (Å²) >= 11 is 7.46. The molecule has 0 aromatic heterocycles. The minimum absolute atomic E-state index is 0.316. The van der Waals surface area contributed by atoms with E-state index in [0.717, 1.165) is 10.5 Å². The van der Waals surface area contributed by atoms with Crippen molar-refractivity contribution >= 4 is 35.2 Å². The Hall–Kier alpha value is -1.98. The summed E-state index contributed by atoms with van der Waals surface area (Å²) in [5.74, 6) is -0.880. The minimum atomic E-state index is -0.518. The molecule has 0 aliphatic rings. The van der Waals surface area contributed by atoms with Crippen molar-refractivity contribution in [2.75, 3.05) is 12.9 Å². The van der Waals surface area contributed by atoms with Crippen molar-refractivity contribution in [2.45, 2.75) is 11.4 Å². The number of benzene rings is 2. The molecule has 2 aromatic carbocycles. The minimum Gasteiger partial charge on any atom is -0.452 e. The van der Waals surface area contributed by atoms with E-state index < -0.39 is 5.97 Å². The van der Waals surface area contributed by atoms with Crippen molar-refractivity contribution in [1.82, 2.24) is 5.32 Å². The maximum Gasteiger partial charge on any atom is 0.338 e. The number of halogens is 1. The van der Waals surface area contributed by atoms with Gasteiger partial charge in [-0.05, 0) is 48.2 Å². The van der Waals surface area contributed by atoms with Crippen LogP contribution in [0.25, 0.3) is 0 Å². The number of hydrogen-bond acceptors (Lipinski definition) is 4. The van der Waals surface area contributed by atoms with Gasteiger partial charge in [-0.1, -0.05) is 23.7 Å². The third-order valence-electron chi connectivity index (χ3n) is 3.04. The number of nitrogens with one attached hydrogen (secondary N) is 1. The number of esters is 1. The Morgan fingerprint density at radius 1 is 1.17 bits per heavy atom. The third-order valence-corrected chi connectivity index (χ3v) is 4.02. The molecule has 2 aromatic rings. The normalized spacial score (nSPS) is 10.2. The lowest BCUT2D eigenvalue weighted by molar-refractivity contribution is -0.124. The zero-order valence-corrected chi connectivity index (χ0v) is 14.1. The first kappa shape index (κ1) is 17.4. The number of carbonyl (C=O) groups is 2. The van der Waals surface area contributed by atoms with E-state index in [1.165, 1.54) is 0 Å². The van der Waals surface area contributed by atoms with E-state index in [1.54, 1.807) is 36.0 Å². The highest BCUT2D eigenvalue weighted by Crippen LogP contribution is 2.15. The topological polar surface area (TPSA) is 55.4 Å². The van der Waals surface area contributed by atoms with Crippen LogP contribution in [0.15, 0.2) is 53.4 Å². The molecule has 0 fully saturated rings. The molecule has 0 spiro atoms. The van der Waals surface area contributed by atoms with Gasteiger partial charge in [-0.2, -0.15) is 0 Å². The van der Waals surface area contributed by atoms with E-state index in [2.05, 4.69) is 5.32 Å². The Morgan fingerprint density at radius 2 is 1.91 bits per heavy atom. The maximum absolute atomic E-state index is 11.8. The fraction of sp³-hybridized carbons (Fsp3) is 0.176. The summed E-state index contributed by atoms with van der Waals surface area (Å²) in [5, 5.41) is 3.28. The van der Waals surface area contributed by atoms with Gasteiger partial charge in [0.15, 0.2) is 6.61 Å².